The first-order valence-corrected chi connectivity index (χ1v) is 13.4. The Bertz CT molecular complexity index is 1440. The van der Waals surface area contributed by atoms with Gasteiger partial charge in [-0.1, -0.05) is 13.3 Å². The van der Waals surface area contributed by atoms with E-state index >= 15 is 0 Å². The van der Waals surface area contributed by atoms with Crippen LogP contribution in [-0.2, 0) is 7.05 Å². The molecule has 1 aromatic heterocycles. The molecule has 9 nitrogen and oxygen atoms in total. The molecule has 0 atom stereocenters. The lowest BCUT2D eigenvalue weighted by molar-refractivity contribution is -0.384. The SMILES string of the molecule is CCCCN1CCC(Oc2ccc(-c3nc4cc(Oc5ccc([N+](=O)[O-])cc5OC)ccc4n3C)cc2)CC1. The van der Waals surface area contributed by atoms with Gasteiger partial charge in [-0.2, -0.15) is 0 Å². The van der Waals surface area contributed by atoms with Crippen LogP contribution in [0.4, 0.5) is 5.69 Å². The lowest BCUT2D eigenvalue weighted by Gasteiger charge is -2.32. The molecule has 0 aliphatic carbocycles. The fourth-order valence-electron chi connectivity index (χ4n) is 4.99. The van der Waals surface area contributed by atoms with Crippen molar-refractivity contribution in [1.29, 1.82) is 0 Å². The number of rotatable bonds is 10. The second-order valence-corrected chi connectivity index (χ2v) is 9.88. The summed E-state index contributed by atoms with van der Waals surface area (Å²) in [4.78, 5) is 18.0. The molecule has 2 heterocycles. The minimum absolute atomic E-state index is 0.0618. The molecule has 1 aliphatic heterocycles. The largest absolute Gasteiger partial charge is 0.493 e. The van der Waals surface area contributed by atoms with Crippen molar-refractivity contribution in [3.8, 4) is 34.4 Å². The van der Waals surface area contributed by atoms with Gasteiger partial charge in [-0.15, -0.1) is 0 Å². The number of benzene rings is 3. The highest BCUT2D eigenvalue weighted by molar-refractivity contribution is 5.82. The number of aryl methyl sites for hydroxylation is 1. The molecule has 1 aliphatic rings. The molecule has 0 amide bonds. The number of likely N-dealkylation sites (tertiary alicyclic amines) is 1. The summed E-state index contributed by atoms with van der Waals surface area (Å²) in [5, 5.41) is 11.1. The Morgan fingerprint density at radius 1 is 1.00 bits per heavy atom. The Labute approximate surface area is 228 Å². The van der Waals surface area contributed by atoms with Crippen LogP contribution in [0.5, 0.6) is 23.0 Å². The summed E-state index contributed by atoms with van der Waals surface area (Å²) in [5.74, 6) is 2.96. The van der Waals surface area contributed by atoms with Gasteiger partial charge in [0.25, 0.3) is 5.69 Å². The number of hydrogen-bond donors (Lipinski definition) is 0. The van der Waals surface area contributed by atoms with Gasteiger partial charge in [0.1, 0.15) is 23.4 Å². The molecule has 0 saturated carbocycles. The Morgan fingerprint density at radius 2 is 1.74 bits per heavy atom. The van der Waals surface area contributed by atoms with Gasteiger partial charge >= 0.3 is 0 Å². The van der Waals surface area contributed by atoms with E-state index in [1.54, 1.807) is 0 Å². The molecule has 9 heteroatoms. The lowest BCUT2D eigenvalue weighted by atomic mass is 10.1. The first kappa shape index (κ1) is 26.5. The second kappa shape index (κ2) is 11.7. The number of nitro groups is 1. The number of ether oxygens (including phenoxy) is 3. The van der Waals surface area contributed by atoms with E-state index in [1.165, 1.54) is 44.7 Å². The van der Waals surface area contributed by atoms with Crippen molar-refractivity contribution < 1.29 is 19.1 Å². The molecule has 204 valence electrons. The fraction of sp³-hybridized carbons (Fsp3) is 0.367. The van der Waals surface area contributed by atoms with Crippen molar-refractivity contribution in [2.75, 3.05) is 26.7 Å². The van der Waals surface area contributed by atoms with Gasteiger partial charge < -0.3 is 23.7 Å². The van der Waals surface area contributed by atoms with E-state index in [4.69, 9.17) is 19.2 Å². The van der Waals surface area contributed by atoms with Crippen LogP contribution in [0.25, 0.3) is 22.4 Å². The van der Waals surface area contributed by atoms with E-state index in [1.807, 2.05) is 54.1 Å². The maximum absolute atomic E-state index is 11.1. The Balaban J connectivity index is 1.28. The van der Waals surface area contributed by atoms with E-state index in [-0.39, 0.29) is 17.5 Å². The van der Waals surface area contributed by atoms with E-state index in [0.29, 0.717) is 11.5 Å². The third-order valence-electron chi connectivity index (χ3n) is 7.22. The highest BCUT2D eigenvalue weighted by atomic mass is 16.6. The van der Waals surface area contributed by atoms with Crippen molar-refractivity contribution in [3.63, 3.8) is 0 Å². The number of piperidine rings is 1. The van der Waals surface area contributed by atoms with Gasteiger partial charge in [-0.25, -0.2) is 4.98 Å². The molecular formula is C30H34N4O5. The molecule has 4 aromatic rings. The lowest BCUT2D eigenvalue weighted by Crippen LogP contribution is -2.38. The third kappa shape index (κ3) is 5.98. The van der Waals surface area contributed by atoms with Gasteiger partial charge in [0.05, 0.1) is 29.1 Å². The van der Waals surface area contributed by atoms with E-state index < -0.39 is 4.92 Å². The number of nitrogens with zero attached hydrogens (tertiary/aromatic N) is 4. The second-order valence-electron chi connectivity index (χ2n) is 9.88. The summed E-state index contributed by atoms with van der Waals surface area (Å²) in [7, 11) is 3.44. The molecule has 1 saturated heterocycles. The summed E-state index contributed by atoms with van der Waals surface area (Å²) in [6.45, 7) is 5.63. The van der Waals surface area contributed by atoms with Crippen LogP contribution in [-0.4, -0.2) is 52.2 Å². The normalized spacial score (nSPS) is 14.4. The Hall–Kier alpha value is -4.11. The Kier molecular flexibility index (Phi) is 7.97. The standard InChI is InChI=1S/C30H34N4O5/c1-4-5-16-33-17-14-24(15-18-33)38-23-9-6-21(7-10-23)30-31-26-20-25(11-12-27(26)32(30)2)39-28-13-8-22(34(35)36)19-29(28)37-3/h6-13,19-20,24H,4-5,14-18H2,1-3H3. The highest BCUT2D eigenvalue weighted by Crippen LogP contribution is 2.36. The number of methoxy groups -OCH3 is 1. The van der Waals surface area contributed by atoms with Gasteiger partial charge in [-0.05, 0) is 68.3 Å². The molecule has 0 bridgehead atoms. The number of nitro benzene ring substituents is 1. The number of non-ortho nitro benzene ring substituents is 1. The summed E-state index contributed by atoms with van der Waals surface area (Å²) in [6.07, 6.45) is 4.88. The summed E-state index contributed by atoms with van der Waals surface area (Å²) in [6, 6.07) is 18.0. The first-order chi connectivity index (χ1) is 18.9. The molecule has 0 N–H and O–H groups in total. The molecule has 0 radical (unpaired) electrons. The molecule has 5 rings (SSSR count). The predicted molar refractivity (Wildman–Crippen MR) is 151 cm³/mol. The van der Waals surface area contributed by atoms with Crippen LogP contribution in [0.15, 0.2) is 60.7 Å². The Morgan fingerprint density at radius 3 is 2.44 bits per heavy atom. The zero-order chi connectivity index (χ0) is 27.4. The fourth-order valence-corrected chi connectivity index (χ4v) is 4.99. The van der Waals surface area contributed by atoms with Crippen LogP contribution in [0, 0.1) is 10.1 Å². The summed E-state index contributed by atoms with van der Waals surface area (Å²) < 4.78 is 19.6. The molecule has 39 heavy (non-hydrogen) atoms. The molecular weight excluding hydrogens is 496 g/mol. The topological polar surface area (TPSA) is 91.9 Å². The average molecular weight is 531 g/mol. The van der Waals surface area contributed by atoms with Gasteiger partial charge in [0.15, 0.2) is 11.5 Å². The molecule has 0 spiro atoms. The van der Waals surface area contributed by atoms with Crippen LogP contribution in [0.2, 0.25) is 0 Å². The average Bonchev–Trinajstić information content (AvgIpc) is 3.28. The smallest absolute Gasteiger partial charge is 0.273 e. The quantitative estimate of drug-likeness (QED) is 0.169. The predicted octanol–water partition coefficient (Wildman–Crippen LogP) is 6.59. The minimum Gasteiger partial charge on any atom is -0.493 e. The number of imidazole rings is 1. The monoisotopic (exact) mass is 530 g/mol. The molecule has 1 fully saturated rings. The van der Waals surface area contributed by atoms with Crippen LogP contribution in [0.3, 0.4) is 0 Å². The maximum Gasteiger partial charge on any atom is 0.273 e. The summed E-state index contributed by atoms with van der Waals surface area (Å²) >= 11 is 0. The van der Waals surface area contributed by atoms with E-state index in [0.717, 1.165) is 54.1 Å². The molecule has 0 unspecified atom stereocenters. The van der Waals surface area contributed by atoms with Gasteiger partial charge in [0, 0.05) is 37.8 Å². The van der Waals surface area contributed by atoms with Crippen molar-refractivity contribution >= 4 is 16.7 Å². The van der Waals surface area contributed by atoms with Crippen LogP contribution >= 0.6 is 0 Å². The van der Waals surface area contributed by atoms with Crippen molar-refractivity contribution in [1.82, 2.24) is 14.5 Å². The highest BCUT2D eigenvalue weighted by Gasteiger charge is 2.20. The number of unbranched alkanes of at least 4 members (excludes halogenated alkanes) is 1. The van der Waals surface area contributed by atoms with Crippen LogP contribution < -0.4 is 14.2 Å². The van der Waals surface area contributed by atoms with E-state index in [2.05, 4.69) is 11.8 Å². The number of aromatic nitrogens is 2. The van der Waals surface area contributed by atoms with Crippen molar-refractivity contribution in [2.45, 2.75) is 38.7 Å². The van der Waals surface area contributed by atoms with Gasteiger partial charge in [-0.3, -0.25) is 10.1 Å². The number of fused-ring (bicyclic) bond motifs is 1. The van der Waals surface area contributed by atoms with Crippen LogP contribution in [0.1, 0.15) is 32.6 Å². The molecule has 3 aromatic carbocycles. The minimum atomic E-state index is -0.468. The maximum atomic E-state index is 11.1. The zero-order valence-electron chi connectivity index (χ0n) is 22.6. The van der Waals surface area contributed by atoms with Gasteiger partial charge in [0.2, 0.25) is 0 Å². The summed E-state index contributed by atoms with van der Waals surface area (Å²) in [5.41, 5.74) is 2.67. The van der Waals surface area contributed by atoms with E-state index in [9.17, 15) is 10.1 Å². The number of hydrogen-bond acceptors (Lipinski definition) is 7. The van der Waals surface area contributed by atoms with Crippen molar-refractivity contribution in [2.24, 2.45) is 7.05 Å². The first-order valence-electron chi connectivity index (χ1n) is 13.4. The van der Waals surface area contributed by atoms with Crippen molar-refractivity contribution in [3.05, 3.63) is 70.8 Å². The zero-order valence-corrected chi connectivity index (χ0v) is 22.6. The third-order valence-corrected chi connectivity index (χ3v) is 7.22.